The summed E-state index contributed by atoms with van der Waals surface area (Å²) in [5.41, 5.74) is 1.63. The summed E-state index contributed by atoms with van der Waals surface area (Å²) in [4.78, 5) is 25.3. The predicted octanol–water partition coefficient (Wildman–Crippen LogP) is 3.55. The predicted molar refractivity (Wildman–Crippen MR) is 102 cm³/mol. The van der Waals surface area contributed by atoms with Crippen LogP contribution in [0.25, 0.3) is 0 Å². The quantitative estimate of drug-likeness (QED) is 0.538. The molecule has 0 aromatic rings. The average Bonchev–Trinajstić information content (AvgIpc) is 2.74. The molecule has 1 aliphatic carbocycles. The maximum atomic E-state index is 13.1. The van der Waals surface area contributed by atoms with Crippen LogP contribution in [0.3, 0.4) is 0 Å². The standard InChI is InChI=1S/C21H25F3N2O3/c22-21(23,24)18-7-4-8-19(29-18)26(12-11-15-5-2-1-3-6-15)20(28)16-9-10-17(14-27)25-13-16/h4-5,7-9,14,17-18,25H,1-3,6,10-13H2. The van der Waals surface area contributed by atoms with Crippen LogP contribution in [0.15, 0.2) is 47.4 Å². The lowest BCUT2D eigenvalue weighted by Crippen LogP contribution is -2.43. The molecule has 1 amide bonds. The first-order valence-corrected chi connectivity index (χ1v) is 9.88. The van der Waals surface area contributed by atoms with E-state index in [4.69, 9.17) is 4.74 Å². The third-order valence-corrected chi connectivity index (χ3v) is 5.26. The Kier molecular flexibility index (Phi) is 6.95. The Morgan fingerprint density at radius 1 is 1.31 bits per heavy atom. The van der Waals surface area contributed by atoms with Gasteiger partial charge in [-0.2, -0.15) is 13.2 Å². The van der Waals surface area contributed by atoms with Crippen LogP contribution in [-0.4, -0.2) is 48.5 Å². The molecule has 0 aromatic carbocycles. The zero-order valence-corrected chi connectivity index (χ0v) is 16.1. The highest BCUT2D eigenvalue weighted by atomic mass is 19.4. The molecule has 2 atom stereocenters. The van der Waals surface area contributed by atoms with E-state index in [-0.39, 0.29) is 25.0 Å². The first-order valence-electron chi connectivity index (χ1n) is 9.88. The zero-order valence-electron chi connectivity index (χ0n) is 16.1. The molecule has 5 nitrogen and oxygen atoms in total. The number of carbonyl (C=O) groups is 2. The molecule has 0 radical (unpaired) electrons. The number of hydrogen-bond acceptors (Lipinski definition) is 4. The molecule has 0 bridgehead atoms. The minimum absolute atomic E-state index is 0.102. The molecule has 8 heteroatoms. The first kappa shape index (κ1) is 21.4. The Morgan fingerprint density at radius 2 is 2.14 bits per heavy atom. The number of nitrogens with zero attached hydrogens (tertiary/aromatic N) is 1. The number of halogens is 3. The number of alkyl halides is 3. The molecular weight excluding hydrogens is 385 g/mol. The van der Waals surface area contributed by atoms with Crippen LogP contribution < -0.4 is 5.32 Å². The largest absolute Gasteiger partial charge is 0.462 e. The fourth-order valence-electron chi connectivity index (χ4n) is 3.58. The van der Waals surface area contributed by atoms with Gasteiger partial charge in [-0.3, -0.25) is 9.69 Å². The number of ether oxygens (including phenoxy) is 1. The van der Waals surface area contributed by atoms with Crippen molar-refractivity contribution in [3.63, 3.8) is 0 Å². The lowest BCUT2D eigenvalue weighted by Gasteiger charge is -2.32. The van der Waals surface area contributed by atoms with Gasteiger partial charge in [0.25, 0.3) is 5.91 Å². The van der Waals surface area contributed by atoms with Crippen LogP contribution in [-0.2, 0) is 14.3 Å². The normalized spacial score (nSPS) is 24.7. The van der Waals surface area contributed by atoms with E-state index in [1.165, 1.54) is 22.6 Å². The van der Waals surface area contributed by atoms with Gasteiger partial charge in [0.1, 0.15) is 6.29 Å². The van der Waals surface area contributed by atoms with Gasteiger partial charge in [-0.1, -0.05) is 23.8 Å². The second-order valence-electron chi connectivity index (χ2n) is 7.37. The monoisotopic (exact) mass is 410 g/mol. The fraction of sp³-hybridized carbons (Fsp3) is 0.524. The van der Waals surface area contributed by atoms with Gasteiger partial charge in [0.15, 0.2) is 5.88 Å². The van der Waals surface area contributed by atoms with E-state index in [0.29, 0.717) is 18.4 Å². The van der Waals surface area contributed by atoms with Crippen molar-refractivity contribution in [2.45, 2.75) is 56.8 Å². The summed E-state index contributed by atoms with van der Waals surface area (Å²) in [6.07, 6.45) is 6.65. The summed E-state index contributed by atoms with van der Waals surface area (Å²) < 4.78 is 44.5. The number of carbonyl (C=O) groups excluding carboxylic acids is 2. The third kappa shape index (κ3) is 5.59. The molecule has 1 N–H and O–H groups in total. The molecule has 2 heterocycles. The van der Waals surface area contributed by atoms with Crippen LogP contribution >= 0.6 is 0 Å². The number of aldehydes is 1. The van der Waals surface area contributed by atoms with Gasteiger partial charge < -0.3 is 14.8 Å². The summed E-state index contributed by atoms with van der Waals surface area (Å²) in [7, 11) is 0. The van der Waals surface area contributed by atoms with E-state index in [2.05, 4.69) is 11.4 Å². The van der Waals surface area contributed by atoms with Gasteiger partial charge in [-0.05, 0) is 50.7 Å². The average molecular weight is 410 g/mol. The number of nitrogens with one attached hydrogen (secondary N) is 1. The zero-order chi connectivity index (χ0) is 20.9. The molecule has 0 saturated heterocycles. The number of allylic oxidation sites excluding steroid dienone is 3. The second-order valence-corrected chi connectivity index (χ2v) is 7.37. The first-order chi connectivity index (χ1) is 13.9. The molecule has 0 aromatic heterocycles. The summed E-state index contributed by atoms with van der Waals surface area (Å²) in [5.74, 6) is -0.504. The van der Waals surface area contributed by atoms with Crippen LogP contribution in [0.4, 0.5) is 13.2 Å². The van der Waals surface area contributed by atoms with E-state index >= 15 is 0 Å². The molecule has 2 aliphatic heterocycles. The minimum atomic E-state index is -4.56. The van der Waals surface area contributed by atoms with Gasteiger partial charge >= 0.3 is 6.18 Å². The van der Waals surface area contributed by atoms with E-state index in [0.717, 1.165) is 38.0 Å². The van der Waals surface area contributed by atoms with Crippen molar-refractivity contribution in [1.82, 2.24) is 10.2 Å². The SMILES string of the molecule is O=CC1CC=C(C(=O)N(CCC2=CCCCC2)C2=CC=CC(C(F)(F)F)O2)CN1. The van der Waals surface area contributed by atoms with Gasteiger partial charge in [0, 0.05) is 18.7 Å². The molecule has 158 valence electrons. The molecule has 3 aliphatic rings. The highest BCUT2D eigenvalue weighted by Crippen LogP contribution is 2.30. The maximum Gasteiger partial charge on any atom is 0.429 e. The van der Waals surface area contributed by atoms with Crippen molar-refractivity contribution in [1.29, 1.82) is 0 Å². The Hall–Kier alpha value is -2.35. The Labute approximate surface area is 168 Å². The Bertz CT molecular complexity index is 753. The van der Waals surface area contributed by atoms with E-state index in [9.17, 15) is 22.8 Å². The number of rotatable bonds is 6. The lowest BCUT2D eigenvalue weighted by molar-refractivity contribution is -0.200. The maximum absolute atomic E-state index is 13.1. The van der Waals surface area contributed by atoms with Crippen molar-refractivity contribution in [3.05, 3.63) is 47.4 Å². The molecule has 0 saturated carbocycles. The summed E-state index contributed by atoms with van der Waals surface area (Å²) in [6, 6.07) is -0.352. The van der Waals surface area contributed by atoms with E-state index < -0.39 is 18.2 Å². The van der Waals surface area contributed by atoms with Crippen LogP contribution in [0.5, 0.6) is 0 Å². The molecule has 2 unspecified atom stereocenters. The number of amides is 1. The van der Waals surface area contributed by atoms with Crippen molar-refractivity contribution in [2.75, 3.05) is 13.1 Å². The summed E-state index contributed by atoms with van der Waals surface area (Å²) in [5, 5.41) is 2.95. The lowest BCUT2D eigenvalue weighted by atomic mass is 9.97. The van der Waals surface area contributed by atoms with Crippen molar-refractivity contribution >= 4 is 12.2 Å². The Morgan fingerprint density at radius 3 is 2.76 bits per heavy atom. The van der Waals surface area contributed by atoms with Crippen molar-refractivity contribution < 1.29 is 27.5 Å². The van der Waals surface area contributed by atoms with Crippen molar-refractivity contribution in [2.24, 2.45) is 0 Å². The van der Waals surface area contributed by atoms with Gasteiger partial charge in [-0.25, -0.2) is 0 Å². The third-order valence-electron chi connectivity index (χ3n) is 5.26. The van der Waals surface area contributed by atoms with Gasteiger partial charge in [-0.15, -0.1) is 0 Å². The summed E-state index contributed by atoms with van der Waals surface area (Å²) >= 11 is 0. The van der Waals surface area contributed by atoms with Gasteiger partial charge in [0.2, 0.25) is 6.10 Å². The fourth-order valence-corrected chi connectivity index (χ4v) is 3.58. The smallest absolute Gasteiger partial charge is 0.429 e. The van der Waals surface area contributed by atoms with Crippen LogP contribution in [0.2, 0.25) is 0 Å². The number of hydrogen-bond donors (Lipinski definition) is 1. The second kappa shape index (κ2) is 9.43. The molecule has 0 spiro atoms. The van der Waals surface area contributed by atoms with E-state index in [1.54, 1.807) is 6.08 Å². The van der Waals surface area contributed by atoms with Crippen molar-refractivity contribution in [3.8, 4) is 0 Å². The van der Waals surface area contributed by atoms with E-state index in [1.807, 2.05) is 0 Å². The molecule has 0 fully saturated rings. The van der Waals surface area contributed by atoms with Crippen LogP contribution in [0, 0.1) is 0 Å². The molecular formula is C21H25F3N2O3. The molecule has 3 rings (SSSR count). The highest BCUT2D eigenvalue weighted by molar-refractivity contribution is 5.95. The highest BCUT2D eigenvalue weighted by Gasteiger charge is 2.42. The topological polar surface area (TPSA) is 58.6 Å². The molecule has 29 heavy (non-hydrogen) atoms. The van der Waals surface area contributed by atoms with Crippen LogP contribution in [0.1, 0.15) is 38.5 Å². The minimum Gasteiger partial charge on any atom is -0.462 e. The van der Waals surface area contributed by atoms with Gasteiger partial charge in [0.05, 0.1) is 6.04 Å². The Balaban J connectivity index is 1.78. The summed E-state index contributed by atoms with van der Waals surface area (Å²) in [6.45, 7) is 0.427.